The van der Waals surface area contributed by atoms with Crippen LogP contribution in [0.4, 0.5) is 4.39 Å². The van der Waals surface area contributed by atoms with Crippen LogP contribution in [0.5, 0.6) is 0 Å². The summed E-state index contributed by atoms with van der Waals surface area (Å²) in [6, 6.07) is 4.16. The number of amides is 1. The number of carboxylic acid groups (broad SMARTS) is 1. The van der Waals surface area contributed by atoms with Crippen molar-refractivity contribution in [3.8, 4) is 0 Å². The Morgan fingerprint density at radius 1 is 1.43 bits per heavy atom. The molecule has 2 aromatic rings. The zero-order valence-corrected chi connectivity index (χ0v) is 12.0. The van der Waals surface area contributed by atoms with E-state index in [2.05, 4.69) is 10.3 Å². The van der Waals surface area contributed by atoms with E-state index in [0.29, 0.717) is 29.1 Å². The molecule has 110 valence electrons. The van der Waals surface area contributed by atoms with Gasteiger partial charge in [0.05, 0.1) is 5.01 Å². The lowest BCUT2D eigenvalue weighted by Crippen LogP contribution is -2.25. The van der Waals surface area contributed by atoms with Crippen molar-refractivity contribution in [3.05, 3.63) is 51.2 Å². The number of rotatable bonds is 5. The van der Waals surface area contributed by atoms with Crippen molar-refractivity contribution in [2.24, 2.45) is 0 Å². The SMILES string of the molecule is Cc1cc(C(=O)NCCc2nc(C(=O)O)cs2)ccc1F. The van der Waals surface area contributed by atoms with Gasteiger partial charge in [0.2, 0.25) is 0 Å². The molecule has 0 saturated heterocycles. The molecule has 1 aromatic heterocycles. The third-order valence-electron chi connectivity index (χ3n) is 2.82. The standard InChI is InChI=1S/C14H13FN2O3S/c1-8-6-9(2-3-10(8)15)13(18)16-5-4-12-17-11(7-21-12)14(19)20/h2-3,6-7H,4-5H2,1H3,(H,16,18)(H,19,20). The summed E-state index contributed by atoms with van der Waals surface area (Å²) in [5, 5.41) is 13.5. The number of hydrogen-bond donors (Lipinski definition) is 2. The van der Waals surface area contributed by atoms with Crippen LogP contribution < -0.4 is 5.32 Å². The normalized spacial score (nSPS) is 10.4. The van der Waals surface area contributed by atoms with Crippen LogP contribution in [-0.2, 0) is 6.42 Å². The van der Waals surface area contributed by atoms with Gasteiger partial charge >= 0.3 is 5.97 Å². The van der Waals surface area contributed by atoms with Gasteiger partial charge in [-0.1, -0.05) is 0 Å². The molecule has 1 aromatic carbocycles. The van der Waals surface area contributed by atoms with Crippen LogP contribution in [-0.4, -0.2) is 28.5 Å². The Labute approximate surface area is 124 Å². The quantitative estimate of drug-likeness (QED) is 0.888. The van der Waals surface area contributed by atoms with Gasteiger partial charge in [0.25, 0.3) is 5.91 Å². The number of aryl methyl sites for hydroxylation is 1. The van der Waals surface area contributed by atoms with Crippen LogP contribution >= 0.6 is 11.3 Å². The van der Waals surface area contributed by atoms with E-state index in [4.69, 9.17) is 5.11 Å². The predicted octanol–water partition coefficient (Wildman–Crippen LogP) is 2.26. The molecule has 7 heteroatoms. The predicted molar refractivity (Wildman–Crippen MR) is 76.2 cm³/mol. The highest BCUT2D eigenvalue weighted by atomic mass is 32.1. The lowest BCUT2D eigenvalue weighted by molar-refractivity contribution is 0.0690. The maximum Gasteiger partial charge on any atom is 0.355 e. The Balaban J connectivity index is 1.88. The number of carboxylic acids is 1. The zero-order valence-electron chi connectivity index (χ0n) is 11.2. The largest absolute Gasteiger partial charge is 0.476 e. The van der Waals surface area contributed by atoms with Gasteiger partial charge in [-0.05, 0) is 30.7 Å². The molecule has 0 aliphatic heterocycles. The summed E-state index contributed by atoms with van der Waals surface area (Å²) >= 11 is 1.24. The Hall–Kier alpha value is -2.28. The van der Waals surface area contributed by atoms with Gasteiger partial charge < -0.3 is 10.4 Å². The molecule has 21 heavy (non-hydrogen) atoms. The first-order valence-electron chi connectivity index (χ1n) is 6.19. The second-order valence-corrected chi connectivity index (χ2v) is 5.34. The smallest absolute Gasteiger partial charge is 0.355 e. The van der Waals surface area contributed by atoms with Crippen LogP contribution in [0.1, 0.15) is 31.4 Å². The van der Waals surface area contributed by atoms with Gasteiger partial charge in [-0.25, -0.2) is 14.2 Å². The third-order valence-corrected chi connectivity index (χ3v) is 3.72. The number of nitrogens with one attached hydrogen (secondary N) is 1. The maximum absolute atomic E-state index is 13.1. The van der Waals surface area contributed by atoms with Crippen molar-refractivity contribution in [2.75, 3.05) is 6.54 Å². The summed E-state index contributed by atoms with van der Waals surface area (Å²) in [5.74, 6) is -1.72. The molecule has 0 aliphatic carbocycles. The van der Waals surface area contributed by atoms with Crippen LogP contribution in [0, 0.1) is 12.7 Å². The maximum atomic E-state index is 13.1. The highest BCUT2D eigenvalue weighted by Crippen LogP contribution is 2.11. The number of hydrogen-bond acceptors (Lipinski definition) is 4. The van der Waals surface area contributed by atoms with Gasteiger partial charge in [-0.3, -0.25) is 4.79 Å². The highest BCUT2D eigenvalue weighted by molar-refractivity contribution is 7.09. The van der Waals surface area contributed by atoms with E-state index in [-0.39, 0.29) is 17.4 Å². The van der Waals surface area contributed by atoms with Gasteiger partial charge in [-0.2, -0.15) is 0 Å². The minimum absolute atomic E-state index is 0.00971. The summed E-state index contributed by atoms with van der Waals surface area (Å²) in [6.07, 6.45) is 0.448. The van der Waals surface area contributed by atoms with Crippen molar-refractivity contribution in [3.63, 3.8) is 0 Å². The minimum Gasteiger partial charge on any atom is -0.476 e. The minimum atomic E-state index is -1.07. The molecule has 1 heterocycles. The number of nitrogens with zero attached hydrogens (tertiary/aromatic N) is 1. The number of carbonyl (C=O) groups excluding carboxylic acids is 1. The average Bonchev–Trinajstić information content (AvgIpc) is 2.91. The molecule has 2 N–H and O–H groups in total. The monoisotopic (exact) mass is 308 g/mol. The summed E-state index contributed by atoms with van der Waals surface area (Å²) in [6.45, 7) is 1.93. The van der Waals surface area contributed by atoms with Crippen LogP contribution in [0.2, 0.25) is 0 Å². The topological polar surface area (TPSA) is 79.3 Å². The van der Waals surface area contributed by atoms with E-state index >= 15 is 0 Å². The van der Waals surface area contributed by atoms with Crippen LogP contribution in [0.3, 0.4) is 0 Å². The molecule has 0 unspecified atom stereocenters. The molecule has 1 amide bonds. The number of benzene rings is 1. The number of carbonyl (C=O) groups is 2. The van der Waals surface area contributed by atoms with E-state index in [9.17, 15) is 14.0 Å². The fraction of sp³-hybridized carbons (Fsp3) is 0.214. The lowest BCUT2D eigenvalue weighted by Gasteiger charge is -2.05. The van der Waals surface area contributed by atoms with Crippen molar-refractivity contribution in [1.29, 1.82) is 0 Å². The molecule has 0 radical (unpaired) electrons. The first-order chi connectivity index (χ1) is 9.97. The van der Waals surface area contributed by atoms with E-state index in [1.165, 1.54) is 34.9 Å². The first kappa shape index (κ1) is 15.1. The number of thiazole rings is 1. The molecule has 0 fully saturated rings. The van der Waals surface area contributed by atoms with Crippen molar-refractivity contribution in [1.82, 2.24) is 10.3 Å². The number of aromatic nitrogens is 1. The van der Waals surface area contributed by atoms with Crippen LogP contribution in [0.15, 0.2) is 23.6 Å². The summed E-state index contributed by atoms with van der Waals surface area (Å²) < 4.78 is 13.1. The van der Waals surface area contributed by atoms with Gasteiger partial charge in [0.1, 0.15) is 5.82 Å². The molecular weight excluding hydrogens is 295 g/mol. The average molecular weight is 308 g/mol. The zero-order chi connectivity index (χ0) is 15.4. The van der Waals surface area contributed by atoms with Crippen molar-refractivity contribution in [2.45, 2.75) is 13.3 Å². The van der Waals surface area contributed by atoms with Gasteiger partial charge in [0, 0.05) is 23.9 Å². The fourth-order valence-electron chi connectivity index (χ4n) is 1.69. The van der Waals surface area contributed by atoms with E-state index in [1.54, 1.807) is 6.92 Å². The van der Waals surface area contributed by atoms with E-state index < -0.39 is 5.97 Å². The third kappa shape index (κ3) is 3.85. The van der Waals surface area contributed by atoms with Crippen LogP contribution in [0.25, 0.3) is 0 Å². The molecule has 0 bridgehead atoms. The second-order valence-electron chi connectivity index (χ2n) is 4.40. The summed E-state index contributed by atoms with van der Waals surface area (Å²) in [7, 11) is 0. The Bertz CT molecular complexity index is 685. The Morgan fingerprint density at radius 3 is 2.81 bits per heavy atom. The summed E-state index contributed by atoms with van der Waals surface area (Å²) in [4.78, 5) is 26.5. The van der Waals surface area contributed by atoms with Gasteiger partial charge in [0.15, 0.2) is 5.69 Å². The number of halogens is 1. The Kier molecular flexibility index (Phi) is 4.64. The molecule has 0 aliphatic rings. The molecular formula is C14H13FN2O3S. The fourth-order valence-corrected chi connectivity index (χ4v) is 2.47. The molecule has 0 atom stereocenters. The number of aromatic carboxylic acids is 1. The van der Waals surface area contributed by atoms with E-state index in [0.717, 1.165) is 0 Å². The lowest BCUT2D eigenvalue weighted by atomic mass is 10.1. The summed E-state index contributed by atoms with van der Waals surface area (Å²) in [5.41, 5.74) is 0.809. The van der Waals surface area contributed by atoms with Gasteiger partial charge in [-0.15, -0.1) is 11.3 Å². The molecule has 0 saturated carbocycles. The molecule has 5 nitrogen and oxygen atoms in total. The molecule has 2 rings (SSSR count). The first-order valence-corrected chi connectivity index (χ1v) is 7.07. The van der Waals surface area contributed by atoms with Crippen molar-refractivity contribution < 1.29 is 19.1 Å². The van der Waals surface area contributed by atoms with Crippen molar-refractivity contribution >= 4 is 23.2 Å². The highest BCUT2D eigenvalue weighted by Gasteiger charge is 2.10. The van der Waals surface area contributed by atoms with E-state index in [1.807, 2.05) is 0 Å². The Morgan fingerprint density at radius 2 is 2.19 bits per heavy atom. The second kappa shape index (κ2) is 6.45. The molecule has 0 spiro atoms.